The average molecular weight is 436 g/mol. The predicted molar refractivity (Wildman–Crippen MR) is 107 cm³/mol. The SMILES string of the molecule is [CH2][C@@]1(N=[N+]=[N-])O[C@@H](n2ccc(=O)[nH]c2=O)[C@H](OC(=O)CCCC)C1OC(=O)CCCC. The minimum Gasteiger partial charge on any atom is -0.455 e. The van der Waals surface area contributed by atoms with Gasteiger partial charge in [-0.25, -0.2) is 4.79 Å². The number of nitrogens with one attached hydrogen (secondary N) is 1. The molecule has 1 aromatic heterocycles. The van der Waals surface area contributed by atoms with Crippen molar-refractivity contribution in [3.05, 3.63) is 50.5 Å². The lowest BCUT2D eigenvalue weighted by Gasteiger charge is -2.27. The molecule has 1 aromatic rings. The van der Waals surface area contributed by atoms with Gasteiger partial charge in [-0.1, -0.05) is 31.8 Å². The van der Waals surface area contributed by atoms with Crippen LogP contribution >= 0.6 is 0 Å². The fourth-order valence-electron chi connectivity index (χ4n) is 3.08. The molecule has 2 rings (SSSR count). The Kier molecular flexibility index (Phi) is 8.40. The van der Waals surface area contributed by atoms with Gasteiger partial charge in [-0.3, -0.25) is 23.9 Å². The number of carbonyl (C=O) groups excluding carboxylic acids is 2. The molecule has 4 atom stereocenters. The molecule has 12 nitrogen and oxygen atoms in total. The van der Waals surface area contributed by atoms with Crippen molar-refractivity contribution in [1.29, 1.82) is 0 Å². The van der Waals surface area contributed by atoms with E-state index in [2.05, 4.69) is 21.9 Å². The van der Waals surface area contributed by atoms with Gasteiger partial charge in [0.2, 0.25) is 0 Å². The maximum atomic E-state index is 12.4. The minimum atomic E-state index is -2.01. The van der Waals surface area contributed by atoms with Crippen LogP contribution in [0.1, 0.15) is 58.6 Å². The van der Waals surface area contributed by atoms with Gasteiger partial charge in [0, 0.05) is 30.0 Å². The molecule has 0 aromatic carbocycles. The molecule has 0 spiro atoms. The molecule has 1 saturated heterocycles. The third kappa shape index (κ3) is 5.96. The molecule has 2 heterocycles. The first-order valence-corrected chi connectivity index (χ1v) is 10.1. The van der Waals surface area contributed by atoms with E-state index in [1.807, 2.05) is 13.8 Å². The zero-order valence-electron chi connectivity index (χ0n) is 17.5. The van der Waals surface area contributed by atoms with Crippen LogP contribution in [0.25, 0.3) is 10.4 Å². The lowest BCUT2D eigenvalue weighted by Crippen LogP contribution is -2.45. The monoisotopic (exact) mass is 436 g/mol. The summed E-state index contributed by atoms with van der Waals surface area (Å²) in [5.41, 5.74) is 5.49. The summed E-state index contributed by atoms with van der Waals surface area (Å²) in [5, 5.41) is 3.50. The fourth-order valence-corrected chi connectivity index (χ4v) is 3.08. The number of ether oxygens (including phenoxy) is 3. The summed E-state index contributed by atoms with van der Waals surface area (Å²) in [6.07, 6.45) is -0.215. The van der Waals surface area contributed by atoms with Crippen molar-refractivity contribution in [3.8, 4) is 0 Å². The molecule has 1 aliphatic rings. The topological polar surface area (TPSA) is 165 Å². The zero-order valence-corrected chi connectivity index (χ0v) is 17.5. The van der Waals surface area contributed by atoms with E-state index in [4.69, 9.17) is 19.7 Å². The van der Waals surface area contributed by atoms with E-state index in [0.29, 0.717) is 12.8 Å². The van der Waals surface area contributed by atoms with Crippen molar-refractivity contribution < 1.29 is 23.8 Å². The summed E-state index contributed by atoms with van der Waals surface area (Å²) in [6.45, 7) is 7.51. The minimum absolute atomic E-state index is 0.0825. The van der Waals surface area contributed by atoms with Crippen LogP contribution in [0, 0.1) is 6.92 Å². The second-order valence-electron chi connectivity index (χ2n) is 7.13. The Labute approximate surface area is 178 Å². The number of hydrogen-bond acceptors (Lipinski definition) is 8. The highest BCUT2D eigenvalue weighted by atomic mass is 16.7. The maximum Gasteiger partial charge on any atom is 0.330 e. The Morgan fingerprint density at radius 2 is 1.87 bits per heavy atom. The molecule has 0 aliphatic carbocycles. The number of carbonyl (C=O) groups is 2. The number of rotatable bonds is 10. The summed E-state index contributed by atoms with van der Waals surface area (Å²) < 4.78 is 17.6. The Morgan fingerprint density at radius 1 is 1.26 bits per heavy atom. The number of azide groups is 1. The Hall–Kier alpha value is -3.11. The van der Waals surface area contributed by atoms with Crippen molar-refractivity contribution in [2.75, 3.05) is 0 Å². The van der Waals surface area contributed by atoms with E-state index >= 15 is 0 Å². The lowest BCUT2D eigenvalue weighted by molar-refractivity contribution is -0.169. The van der Waals surface area contributed by atoms with Crippen LogP contribution in [0.4, 0.5) is 0 Å². The molecule has 1 N–H and O–H groups in total. The van der Waals surface area contributed by atoms with Crippen molar-refractivity contribution in [2.24, 2.45) is 5.11 Å². The molecule has 1 unspecified atom stereocenters. The van der Waals surface area contributed by atoms with E-state index in [1.165, 1.54) is 0 Å². The van der Waals surface area contributed by atoms with Gasteiger partial charge in [0.05, 0.1) is 0 Å². The molecule has 0 saturated carbocycles. The molecule has 169 valence electrons. The first-order chi connectivity index (χ1) is 14.8. The van der Waals surface area contributed by atoms with Crippen LogP contribution < -0.4 is 11.2 Å². The fraction of sp³-hybridized carbons (Fsp3) is 0.632. The highest BCUT2D eigenvalue weighted by Crippen LogP contribution is 2.41. The van der Waals surface area contributed by atoms with Crippen molar-refractivity contribution in [1.82, 2.24) is 9.55 Å². The first kappa shape index (κ1) is 24.2. The van der Waals surface area contributed by atoms with E-state index in [1.54, 1.807) is 0 Å². The quantitative estimate of drug-likeness (QED) is 0.254. The first-order valence-electron chi connectivity index (χ1n) is 10.1. The Balaban J connectivity index is 2.47. The largest absolute Gasteiger partial charge is 0.455 e. The van der Waals surface area contributed by atoms with Crippen molar-refractivity contribution >= 4 is 11.9 Å². The standard InChI is InChI=1S/C19H26N5O7/c1-4-6-8-13(26)29-15-16(30-14(27)9-7-5-2)19(3,22-23-20)31-17(15)24-11-10-12(25)21-18(24)28/h10-11,15-17H,3-9H2,1-2H3,(H,21,25,28)/t15-,16?,17-,19-/m1/s1. The van der Waals surface area contributed by atoms with Crippen LogP contribution in [0.3, 0.4) is 0 Å². The van der Waals surface area contributed by atoms with Gasteiger partial charge in [0.15, 0.2) is 24.2 Å². The van der Waals surface area contributed by atoms with Crippen LogP contribution in [-0.2, 0) is 23.8 Å². The second-order valence-corrected chi connectivity index (χ2v) is 7.13. The smallest absolute Gasteiger partial charge is 0.330 e. The van der Waals surface area contributed by atoms with E-state index in [9.17, 15) is 19.2 Å². The van der Waals surface area contributed by atoms with E-state index < -0.39 is 47.3 Å². The normalized spacial score (nSPS) is 24.9. The predicted octanol–water partition coefficient (Wildman–Crippen LogP) is 2.11. The van der Waals surface area contributed by atoms with Crippen LogP contribution in [0.15, 0.2) is 27.0 Å². The van der Waals surface area contributed by atoms with Gasteiger partial charge in [-0.2, -0.15) is 0 Å². The Morgan fingerprint density at radius 3 is 2.42 bits per heavy atom. The molecular formula is C19H26N5O7. The molecule has 12 heteroatoms. The average Bonchev–Trinajstić information content (AvgIpc) is 2.96. The molecule has 0 amide bonds. The van der Waals surface area contributed by atoms with Crippen LogP contribution in [0.2, 0.25) is 0 Å². The highest BCUT2D eigenvalue weighted by molar-refractivity contribution is 5.71. The summed E-state index contributed by atoms with van der Waals surface area (Å²) >= 11 is 0. The van der Waals surface area contributed by atoms with Gasteiger partial charge < -0.3 is 14.2 Å². The second kappa shape index (κ2) is 10.8. The third-order valence-electron chi connectivity index (χ3n) is 4.68. The number of nitrogens with zero attached hydrogens (tertiary/aromatic N) is 4. The van der Waals surface area contributed by atoms with Gasteiger partial charge in [-0.05, 0) is 25.3 Å². The number of H-pyrrole nitrogens is 1. The molecule has 1 radical (unpaired) electrons. The van der Waals surface area contributed by atoms with Crippen molar-refractivity contribution in [2.45, 2.75) is 76.5 Å². The number of aromatic amines is 1. The molecule has 0 bridgehead atoms. The highest BCUT2D eigenvalue weighted by Gasteiger charge is 2.58. The maximum absolute atomic E-state index is 12.4. The number of esters is 2. The van der Waals surface area contributed by atoms with Crippen LogP contribution in [0.5, 0.6) is 0 Å². The molecular weight excluding hydrogens is 410 g/mol. The van der Waals surface area contributed by atoms with Gasteiger partial charge >= 0.3 is 17.6 Å². The van der Waals surface area contributed by atoms with Gasteiger partial charge in [0.1, 0.15) is 0 Å². The van der Waals surface area contributed by atoms with Crippen LogP contribution in [-0.4, -0.2) is 39.4 Å². The molecule has 1 aliphatic heterocycles. The number of unbranched alkanes of at least 4 members (excludes halogenated alkanes) is 2. The van der Waals surface area contributed by atoms with Gasteiger partial charge in [0.25, 0.3) is 5.56 Å². The lowest BCUT2D eigenvalue weighted by atomic mass is 10.1. The zero-order chi connectivity index (χ0) is 23.0. The third-order valence-corrected chi connectivity index (χ3v) is 4.68. The Bertz CT molecular complexity index is 951. The van der Waals surface area contributed by atoms with Gasteiger partial charge in [-0.15, -0.1) is 0 Å². The van der Waals surface area contributed by atoms with E-state index in [-0.39, 0.29) is 12.8 Å². The van der Waals surface area contributed by atoms with E-state index in [0.717, 1.165) is 29.7 Å². The van der Waals surface area contributed by atoms with Crippen molar-refractivity contribution in [3.63, 3.8) is 0 Å². The molecule has 31 heavy (non-hydrogen) atoms. The summed E-state index contributed by atoms with van der Waals surface area (Å²) in [5.74, 6) is -1.24. The summed E-state index contributed by atoms with van der Waals surface area (Å²) in [4.78, 5) is 53.2. The summed E-state index contributed by atoms with van der Waals surface area (Å²) in [6, 6.07) is 1.07. The molecule has 1 fully saturated rings. The number of hydrogen-bond donors (Lipinski definition) is 1. The summed E-state index contributed by atoms with van der Waals surface area (Å²) in [7, 11) is 0. The number of aromatic nitrogens is 2.